The van der Waals surface area contributed by atoms with Crippen LogP contribution in [0.2, 0.25) is 0 Å². The van der Waals surface area contributed by atoms with E-state index in [0.717, 1.165) is 24.5 Å². The van der Waals surface area contributed by atoms with Crippen molar-refractivity contribution in [3.05, 3.63) is 27.8 Å². The highest BCUT2D eigenvalue weighted by Crippen LogP contribution is 2.30. The normalized spacial score (nSPS) is 11.6. The van der Waals surface area contributed by atoms with E-state index in [1.165, 1.54) is 5.51 Å². The van der Waals surface area contributed by atoms with Gasteiger partial charge in [0.05, 0.1) is 11.2 Å². The molecule has 2 aromatic rings. The fourth-order valence-electron chi connectivity index (χ4n) is 1.49. The first kappa shape index (κ1) is 13.5. The monoisotopic (exact) mass is 290 g/mol. The highest BCUT2D eigenvalue weighted by Gasteiger charge is 2.35. The number of carbonyl (C=O) groups excluding carboxylic acids is 1. The van der Waals surface area contributed by atoms with Crippen molar-refractivity contribution in [2.45, 2.75) is 13.1 Å². The zero-order chi connectivity index (χ0) is 14.2. The minimum atomic E-state index is -4.51. The van der Waals surface area contributed by atoms with E-state index in [2.05, 4.69) is 15.4 Å². The van der Waals surface area contributed by atoms with Crippen LogP contribution in [-0.2, 0) is 13.2 Å². The molecule has 0 aliphatic rings. The zero-order valence-electron chi connectivity index (χ0n) is 9.95. The second-order valence-corrected chi connectivity index (χ2v) is 4.61. The maximum atomic E-state index is 12.6. The Morgan fingerprint density at radius 2 is 2.16 bits per heavy atom. The van der Waals surface area contributed by atoms with Crippen molar-refractivity contribution in [2.24, 2.45) is 7.05 Å². The number of anilines is 1. The third-order valence-corrected chi connectivity index (χ3v) is 3.29. The molecular weight excluding hydrogens is 281 g/mol. The van der Waals surface area contributed by atoms with Crippen LogP contribution in [0.3, 0.4) is 0 Å². The molecule has 0 aliphatic carbocycles. The van der Waals surface area contributed by atoms with Gasteiger partial charge < -0.3 is 5.32 Å². The first-order chi connectivity index (χ1) is 8.79. The fraction of sp³-hybridized carbons (Fsp3) is 0.300. The highest BCUT2D eigenvalue weighted by molar-refractivity contribution is 7.12. The molecule has 0 radical (unpaired) electrons. The molecule has 19 heavy (non-hydrogen) atoms. The van der Waals surface area contributed by atoms with E-state index in [1.807, 2.05) is 0 Å². The molecule has 2 rings (SSSR count). The molecule has 1 amide bonds. The van der Waals surface area contributed by atoms with Crippen molar-refractivity contribution in [3.63, 3.8) is 0 Å². The quantitative estimate of drug-likeness (QED) is 0.924. The fourth-order valence-corrected chi connectivity index (χ4v) is 2.18. The minimum Gasteiger partial charge on any atom is -0.304 e. The Bertz CT molecular complexity index is 617. The van der Waals surface area contributed by atoms with Crippen LogP contribution in [0.5, 0.6) is 0 Å². The number of hydrogen-bond acceptors (Lipinski definition) is 4. The minimum absolute atomic E-state index is 0.146. The molecule has 0 unspecified atom stereocenters. The Balaban J connectivity index is 2.21. The van der Waals surface area contributed by atoms with Crippen LogP contribution >= 0.6 is 11.3 Å². The molecule has 0 atom stereocenters. The molecule has 2 aromatic heterocycles. The zero-order valence-corrected chi connectivity index (χ0v) is 10.8. The average Bonchev–Trinajstić information content (AvgIpc) is 2.83. The van der Waals surface area contributed by atoms with Crippen molar-refractivity contribution in [2.75, 3.05) is 5.32 Å². The Labute approximate surface area is 110 Å². The summed E-state index contributed by atoms with van der Waals surface area (Å²) < 4.78 is 38.3. The molecule has 2 heterocycles. The molecule has 0 saturated carbocycles. The van der Waals surface area contributed by atoms with Crippen molar-refractivity contribution in [1.82, 2.24) is 14.8 Å². The van der Waals surface area contributed by atoms with Crippen LogP contribution in [0.1, 0.15) is 21.1 Å². The van der Waals surface area contributed by atoms with Gasteiger partial charge in [0.1, 0.15) is 10.6 Å². The van der Waals surface area contributed by atoms with Gasteiger partial charge in [0.2, 0.25) is 0 Å². The van der Waals surface area contributed by atoms with Gasteiger partial charge in [0.15, 0.2) is 5.82 Å². The molecule has 0 aliphatic heterocycles. The number of halogens is 3. The van der Waals surface area contributed by atoms with Crippen LogP contribution in [0.25, 0.3) is 0 Å². The second-order valence-electron chi connectivity index (χ2n) is 3.76. The summed E-state index contributed by atoms with van der Waals surface area (Å²) in [6.45, 7) is 1.64. The van der Waals surface area contributed by atoms with Crippen LogP contribution in [-0.4, -0.2) is 20.7 Å². The lowest BCUT2D eigenvalue weighted by Crippen LogP contribution is -2.12. The molecule has 5 nitrogen and oxygen atoms in total. The number of rotatable bonds is 2. The lowest BCUT2D eigenvalue weighted by atomic mass is 10.3. The van der Waals surface area contributed by atoms with Crippen LogP contribution in [0.4, 0.5) is 19.0 Å². The standard InChI is InChI=1S/C10H9F3N4OS/c1-5-8(19-4-14-5)9(18)15-7-3-6(10(11,12)13)17(2)16-7/h3-4H,1-2H3,(H,15,16,18). The van der Waals surface area contributed by atoms with Crippen LogP contribution in [0, 0.1) is 6.92 Å². The van der Waals surface area contributed by atoms with Gasteiger partial charge in [-0.15, -0.1) is 11.3 Å². The van der Waals surface area contributed by atoms with Crippen LogP contribution in [0.15, 0.2) is 11.6 Å². The maximum absolute atomic E-state index is 12.6. The number of thiazole rings is 1. The van der Waals surface area contributed by atoms with E-state index >= 15 is 0 Å². The summed E-state index contributed by atoms with van der Waals surface area (Å²) in [5.41, 5.74) is 1.09. The average molecular weight is 290 g/mol. The summed E-state index contributed by atoms with van der Waals surface area (Å²) in [7, 11) is 1.16. The largest absolute Gasteiger partial charge is 0.433 e. The van der Waals surface area contributed by atoms with E-state index in [0.29, 0.717) is 15.3 Å². The molecule has 1 N–H and O–H groups in total. The van der Waals surface area contributed by atoms with Gasteiger partial charge in [0, 0.05) is 13.1 Å². The molecule has 102 valence electrons. The molecule has 0 saturated heterocycles. The van der Waals surface area contributed by atoms with E-state index in [1.54, 1.807) is 6.92 Å². The van der Waals surface area contributed by atoms with Gasteiger partial charge >= 0.3 is 6.18 Å². The number of aryl methyl sites for hydroxylation is 2. The third kappa shape index (κ3) is 2.75. The molecule has 0 spiro atoms. The summed E-state index contributed by atoms with van der Waals surface area (Å²) in [6.07, 6.45) is -4.51. The van der Waals surface area contributed by atoms with Crippen molar-refractivity contribution >= 4 is 23.1 Å². The van der Waals surface area contributed by atoms with E-state index in [9.17, 15) is 18.0 Å². The number of hydrogen-bond donors (Lipinski definition) is 1. The molecule has 0 fully saturated rings. The Morgan fingerprint density at radius 1 is 1.47 bits per heavy atom. The van der Waals surface area contributed by atoms with Gasteiger partial charge in [0.25, 0.3) is 5.91 Å². The van der Waals surface area contributed by atoms with Gasteiger partial charge in [-0.1, -0.05) is 0 Å². The Hall–Kier alpha value is -1.90. The summed E-state index contributed by atoms with van der Waals surface area (Å²) >= 11 is 1.11. The number of nitrogens with zero attached hydrogens (tertiary/aromatic N) is 3. The summed E-state index contributed by atoms with van der Waals surface area (Å²) in [4.78, 5) is 16.0. The summed E-state index contributed by atoms with van der Waals surface area (Å²) in [6, 6.07) is 0.786. The molecule has 0 aromatic carbocycles. The van der Waals surface area contributed by atoms with E-state index < -0.39 is 17.8 Å². The van der Waals surface area contributed by atoms with Gasteiger partial charge in [-0.3, -0.25) is 9.48 Å². The summed E-state index contributed by atoms with van der Waals surface area (Å²) in [5.74, 6) is -0.667. The number of alkyl halides is 3. The third-order valence-electron chi connectivity index (χ3n) is 2.36. The smallest absolute Gasteiger partial charge is 0.304 e. The van der Waals surface area contributed by atoms with Gasteiger partial charge in [-0.2, -0.15) is 18.3 Å². The van der Waals surface area contributed by atoms with Gasteiger partial charge in [-0.05, 0) is 6.92 Å². The molecule has 9 heteroatoms. The Morgan fingerprint density at radius 3 is 2.63 bits per heavy atom. The van der Waals surface area contributed by atoms with E-state index in [4.69, 9.17) is 0 Å². The first-order valence-corrected chi connectivity index (χ1v) is 5.99. The van der Waals surface area contributed by atoms with E-state index in [-0.39, 0.29) is 5.82 Å². The predicted molar refractivity (Wildman–Crippen MR) is 63.0 cm³/mol. The highest BCUT2D eigenvalue weighted by atomic mass is 32.1. The number of aromatic nitrogens is 3. The predicted octanol–water partition coefficient (Wildman–Crippen LogP) is 2.46. The van der Waals surface area contributed by atoms with Crippen molar-refractivity contribution < 1.29 is 18.0 Å². The number of amides is 1. The molecule has 0 bridgehead atoms. The van der Waals surface area contributed by atoms with Crippen LogP contribution < -0.4 is 5.32 Å². The maximum Gasteiger partial charge on any atom is 0.433 e. The van der Waals surface area contributed by atoms with Gasteiger partial charge in [-0.25, -0.2) is 4.98 Å². The number of nitrogens with one attached hydrogen (secondary N) is 1. The summed E-state index contributed by atoms with van der Waals surface area (Å²) in [5, 5.41) is 5.92. The SMILES string of the molecule is Cc1ncsc1C(=O)Nc1cc(C(F)(F)F)n(C)n1. The topological polar surface area (TPSA) is 59.8 Å². The van der Waals surface area contributed by atoms with Crippen molar-refractivity contribution in [1.29, 1.82) is 0 Å². The Kier molecular flexibility index (Phi) is 3.31. The lowest BCUT2D eigenvalue weighted by Gasteiger charge is -2.04. The van der Waals surface area contributed by atoms with Crippen molar-refractivity contribution in [3.8, 4) is 0 Å². The number of carbonyl (C=O) groups is 1. The first-order valence-electron chi connectivity index (χ1n) is 5.11. The second kappa shape index (κ2) is 4.65. The lowest BCUT2D eigenvalue weighted by molar-refractivity contribution is -0.143. The molecular formula is C10H9F3N4OS.